The van der Waals surface area contributed by atoms with Gasteiger partial charge in [0.15, 0.2) is 15.1 Å². The van der Waals surface area contributed by atoms with Gasteiger partial charge in [0.2, 0.25) is 0 Å². The number of carbonyl (C=O) groups is 1. The largest absolute Gasteiger partial charge is 0.480 e. The van der Waals surface area contributed by atoms with E-state index in [1.165, 1.54) is 12.1 Å². The molecule has 100 valence electrons. The van der Waals surface area contributed by atoms with Gasteiger partial charge in [-0.15, -0.1) is 0 Å². The number of benzene rings is 1. The number of unbranched alkanes of at least 4 members (excludes halogenated alkanes) is 1. The van der Waals surface area contributed by atoms with Gasteiger partial charge in [0.25, 0.3) is 0 Å². The summed E-state index contributed by atoms with van der Waals surface area (Å²) in [5.74, 6) is -1.29. The standard InChI is InChI=1S/C12H15BrO4S/c1-2-3-7-11(12(14)15)18(16,17)10-6-4-5-9(13)8-10/h4-6,8,11H,2-3,7H2,1H3,(H,14,15). The normalized spacial score (nSPS) is 13.2. The summed E-state index contributed by atoms with van der Waals surface area (Å²) in [7, 11) is -3.82. The second-order valence-corrected chi connectivity index (χ2v) is 7.02. The maximum absolute atomic E-state index is 12.2. The highest BCUT2D eigenvalue weighted by atomic mass is 79.9. The molecule has 0 aliphatic rings. The fourth-order valence-electron chi connectivity index (χ4n) is 1.61. The molecule has 6 heteroatoms. The third-order valence-electron chi connectivity index (χ3n) is 2.59. The Hall–Kier alpha value is -0.880. The summed E-state index contributed by atoms with van der Waals surface area (Å²) in [4.78, 5) is 11.2. The van der Waals surface area contributed by atoms with Crippen molar-refractivity contribution in [3.63, 3.8) is 0 Å². The Morgan fingerprint density at radius 3 is 2.61 bits per heavy atom. The van der Waals surface area contributed by atoms with Gasteiger partial charge in [0.05, 0.1) is 4.90 Å². The number of carboxylic acid groups (broad SMARTS) is 1. The van der Waals surface area contributed by atoms with Crippen LogP contribution >= 0.6 is 15.9 Å². The van der Waals surface area contributed by atoms with E-state index in [0.29, 0.717) is 10.9 Å². The van der Waals surface area contributed by atoms with Crippen molar-refractivity contribution in [1.29, 1.82) is 0 Å². The van der Waals surface area contributed by atoms with Crippen LogP contribution in [0, 0.1) is 0 Å². The lowest BCUT2D eigenvalue weighted by molar-refractivity contribution is -0.136. The topological polar surface area (TPSA) is 71.4 Å². The third-order valence-corrected chi connectivity index (χ3v) is 5.19. The lowest BCUT2D eigenvalue weighted by atomic mass is 10.2. The zero-order valence-corrected chi connectivity index (χ0v) is 12.4. The minimum atomic E-state index is -3.82. The molecular formula is C12H15BrO4S. The number of aliphatic carboxylic acids is 1. The molecule has 0 aromatic heterocycles. The average Bonchev–Trinajstić information content (AvgIpc) is 2.28. The first-order valence-electron chi connectivity index (χ1n) is 5.62. The molecule has 4 nitrogen and oxygen atoms in total. The molecule has 1 unspecified atom stereocenters. The van der Waals surface area contributed by atoms with Crippen molar-refractivity contribution in [3.05, 3.63) is 28.7 Å². The Morgan fingerprint density at radius 2 is 2.11 bits per heavy atom. The van der Waals surface area contributed by atoms with Gasteiger partial charge in [-0.25, -0.2) is 8.42 Å². The SMILES string of the molecule is CCCCC(C(=O)O)S(=O)(=O)c1cccc(Br)c1. The molecule has 0 aliphatic carbocycles. The van der Waals surface area contributed by atoms with Crippen LogP contribution in [0.1, 0.15) is 26.2 Å². The summed E-state index contributed by atoms with van der Waals surface area (Å²) in [6.07, 6.45) is 1.47. The fourth-order valence-corrected chi connectivity index (χ4v) is 3.79. The Kier molecular flexibility index (Phi) is 5.34. The molecule has 0 saturated heterocycles. The highest BCUT2D eigenvalue weighted by Gasteiger charge is 2.33. The van der Waals surface area contributed by atoms with E-state index < -0.39 is 21.1 Å². The number of hydrogen-bond donors (Lipinski definition) is 1. The molecule has 1 N–H and O–H groups in total. The van der Waals surface area contributed by atoms with Gasteiger partial charge in [-0.3, -0.25) is 4.79 Å². The minimum Gasteiger partial charge on any atom is -0.480 e. The number of sulfone groups is 1. The zero-order valence-electron chi connectivity index (χ0n) is 9.97. The summed E-state index contributed by atoms with van der Waals surface area (Å²) in [6, 6.07) is 6.12. The van der Waals surface area contributed by atoms with Crippen LogP contribution in [-0.4, -0.2) is 24.7 Å². The first-order valence-corrected chi connectivity index (χ1v) is 7.95. The first kappa shape index (κ1) is 15.2. The molecule has 0 radical (unpaired) electrons. The number of rotatable bonds is 6. The summed E-state index contributed by atoms with van der Waals surface area (Å²) >= 11 is 3.18. The second-order valence-electron chi connectivity index (χ2n) is 3.97. The molecule has 0 spiro atoms. The molecule has 0 heterocycles. The van der Waals surface area contributed by atoms with Crippen LogP contribution in [0.15, 0.2) is 33.6 Å². The fraction of sp³-hybridized carbons (Fsp3) is 0.417. The smallest absolute Gasteiger partial charge is 0.322 e. The average molecular weight is 335 g/mol. The van der Waals surface area contributed by atoms with Gasteiger partial charge in [-0.1, -0.05) is 41.8 Å². The van der Waals surface area contributed by atoms with Gasteiger partial charge < -0.3 is 5.11 Å². The van der Waals surface area contributed by atoms with Crippen LogP contribution in [0.3, 0.4) is 0 Å². The summed E-state index contributed by atoms with van der Waals surface area (Å²) in [5, 5.41) is 7.71. The van der Waals surface area contributed by atoms with E-state index in [1.54, 1.807) is 12.1 Å². The molecule has 1 rings (SSSR count). The first-order chi connectivity index (χ1) is 8.39. The van der Waals surface area contributed by atoms with Crippen molar-refractivity contribution < 1.29 is 18.3 Å². The monoisotopic (exact) mass is 334 g/mol. The highest BCUT2D eigenvalue weighted by Crippen LogP contribution is 2.23. The van der Waals surface area contributed by atoms with E-state index >= 15 is 0 Å². The molecule has 0 amide bonds. The van der Waals surface area contributed by atoms with E-state index in [2.05, 4.69) is 15.9 Å². The van der Waals surface area contributed by atoms with Crippen LogP contribution in [0.4, 0.5) is 0 Å². The van der Waals surface area contributed by atoms with Crippen molar-refractivity contribution in [2.24, 2.45) is 0 Å². The zero-order chi connectivity index (χ0) is 13.8. The van der Waals surface area contributed by atoms with Gasteiger partial charge in [-0.2, -0.15) is 0 Å². The van der Waals surface area contributed by atoms with Crippen LogP contribution in [0.5, 0.6) is 0 Å². The van der Waals surface area contributed by atoms with E-state index in [4.69, 9.17) is 5.11 Å². The molecule has 1 aromatic carbocycles. The van der Waals surface area contributed by atoms with Crippen LogP contribution in [-0.2, 0) is 14.6 Å². The molecule has 1 atom stereocenters. The van der Waals surface area contributed by atoms with Crippen molar-refractivity contribution in [3.8, 4) is 0 Å². The lowest BCUT2D eigenvalue weighted by Crippen LogP contribution is -2.30. The second kappa shape index (κ2) is 6.33. The van der Waals surface area contributed by atoms with Crippen molar-refractivity contribution >= 4 is 31.7 Å². The number of hydrogen-bond acceptors (Lipinski definition) is 3. The molecule has 1 aromatic rings. The van der Waals surface area contributed by atoms with Gasteiger partial charge in [0, 0.05) is 4.47 Å². The molecule has 18 heavy (non-hydrogen) atoms. The summed E-state index contributed by atoms with van der Waals surface area (Å²) in [6.45, 7) is 1.89. The lowest BCUT2D eigenvalue weighted by Gasteiger charge is -2.13. The van der Waals surface area contributed by atoms with Crippen LogP contribution in [0.25, 0.3) is 0 Å². The third kappa shape index (κ3) is 3.55. The van der Waals surface area contributed by atoms with Gasteiger partial charge in [-0.05, 0) is 24.6 Å². The highest BCUT2D eigenvalue weighted by molar-refractivity contribution is 9.10. The van der Waals surface area contributed by atoms with Gasteiger partial charge >= 0.3 is 5.97 Å². The van der Waals surface area contributed by atoms with Gasteiger partial charge in [0.1, 0.15) is 0 Å². The Morgan fingerprint density at radius 1 is 1.44 bits per heavy atom. The summed E-state index contributed by atoms with van der Waals surface area (Å²) < 4.78 is 25.1. The van der Waals surface area contributed by atoms with E-state index in [-0.39, 0.29) is 11.3 Å². The maximum Gasteiger partial charge on any atom is 0.322 e. The molecule has 0 saturated carbocycles. The summed E-state index contributed by atoms with van der Waals surface area (Å²) in [5.41, 5.74) is 0. The van der Waals surface area contributed by atoms with Crippen molar-refractivity contribution in [2.45, 2.75) is 36.3 Å². The van der Waals surface area contributed by atoms with E-state index in [0.717, 1.165) is 6.42 Å². The Balaban J connectivity index is 3.13. The van der Waals surface area contributed by atoms with E-state index in [9.17, 15) is 13.2 Å². The number of carboxylic acids is 1. The maximum atomic E-state index is 12.2. The molecule has 0 bridgehead atoms. The minimum absolute atomic E-state index is 0.0420. The molecular weight excluding hydrogens is 320 g/mol. The Labute approximate surface area is 115 Å². The predicted octanol–water partition coefficient (Wildman–Crippen LogP) is 2.87. The van der Waals surface area contributed by atoms with Crippen LogP contribution < -0.4 is 0 Å². The van der Waals surface area contributed by atoms with Crippen molar-refractivity contribution in [1.82, 2.24) is 0 Å². The molecule has 0 fully saturated rings. The Bertz CT molecular complexity index is 525. The van der Waals surface area contributed by atoms with Crippen LogP contribution in [0.2, 0.25) is 0 Å². The van der Waals surface area contributed by atoms with E-state index in [1.807, 2.05) is 6.92 Å². The quantitative estimate of drug-likeness (QED) is 0.868. The van der Waals surface area contributed by atoms with Crippen molar-refractivity contribution in [2.75, 3.05) is 0 Å². The number of halogens is 1. The molecule has 0 aliphatic heterocycles. The predicted molar refractivity (Wildman–Crippen MR) is 72.3 cm³/mol.